The molecule has 0 bridgehead atoms. The molecule has 29 heavy (non-hydrogen) atoms. The summed E-state index contributed by atoms with van der Waals surface area (Å²) in [4.78, 5) is 27.1. The summed E-state index contributed by atoms with van der Waals surface area (Å²) in [6.45, 7) is 1.07. The summed E-state index contributed by atoms with van der Waals surface area (Å²) in [5, 5.41) is 2.94. The van der Waals surface area contributed by atoms with Crippen LogP contribution in [0.4, 0.5) is 5.69 Å². The van der Waals surface area contributed by atoms with E-state index in [4.69, 9.17) is 4.74 Å². The van der Waals surface area contributed by atoms with Gasteiger partial charge in [-0.3, -0.25) is 9.59 Å². The van der Waals surface area contributed by atoms with Gasteiger partial charge in [0.1, 0.15) is 5.75 Å². The third-order valence-electron chi connectivity index (χ3n) is 5.12. The number of methoxy groups -OCH3 is 1. The maximum absolute atomic E-state index is 12.9. The van der Waals surface area contributed by atoms with Gasteiger partial charge in [0, 0.05) is 29.9 Å². The van der Waals surface area contributed by atoms with Gasteiger partial charge in [0.25, 0.3) is 11.8 Å². The van der Waals surface area contributed by atoms with Crippen LogP contribution in [0.15, 0.2) is 72.8 Å². The van der Waals surface area contributed by atoms with E-state index >= 15 is 0 Å². The van der Waals surface area contributed by atoms with Crippen LogP contribution < -0.4 is 15.0 Å². The third-order valence-corrected chi connectivity index (χ3v) is 5.12. The molecule has 2 amide bonds. The first-order valence-electron chi connectivity index (χ1n) is 9.56. The van der Waals surface area contributed by atoms with E-state index in [0.717, 1.165) is 23.2 Å². The van der Waals surface area contributed by atoms with Crippen molar-refractivity contribution in [1.82, 2.24) is 5.32 Å². The average molecular weight is 386 g/mol. The zero-order chi connectivity index (χ0) is 20.2. The molecule has 5 nitrogen and oxygen atoms in total. The number of carbonyl (C=O) groups is 2. The minimum absolute atomic E-state index is 0.00349. The Kier molecular flexibility index (Phi) is 5.29. The number of hydrogen-bond donors (Lipinski definition) is 1. The molecule has 146 valence electrons. The molecular weight excluding hydrogens is 364 g/mol. The van der Waals surface area contributed by atoms with Gasteiger partial charge < -0.3 is 15.0 Å². The molecule has 4 rings (SSSR count). The van der Waals surface area contributed by atoms with Gasteiger partial charge in [0.05, 0.1) is 7.11 Å². The van der Waals surface area contributed by atoms with Crippen LogP contribution in [0.3, 0.4) is 0 Å². The molecule has 1 aliphatic heterocycles. The largest absolute Gasteiger partial charge is 0.497 e. The number of nitrogens with one attached hydrogen (secondary N) is 1. The van der Waals surface area contributed by atoms with E-state index in [1.54, 1.807) is 31.4 Å². The van der Waals surface area contributed by atoms with Crippen LogP contribution in [-0.2, 0) is 13.0 Å². The first kappa shape index (κ1) is 18.7. The highest BCUT2D eigenvalue weighted by Crippen LogP contribution is 2.30. The second-order valence-corrected chi connectivity index (χ2v) is 6.95. The number of amides is 2. The molecule has 3 aromatic carbocycles. The van der Waals surface area contributed by atoms with Gasteiger partial charge in [-0.25, -0.2) is 0 Å². The van der Waals surface area contributed by atoms with Crippen molar-refractivity contribution in [3.63, 3.8) is 0 Å². The van der Waals surface area contributed by atoms with Crippen molar-refractivity contribution in [3.8, 4) is 5.75 Å². The summed E-state index contributed by atoms with van der Waals surface area (Å²) in [7, 11) is 1.59. The normalized spacial score (nSPS) is 12.4. The van der Waals surface area contributed by atoms with Crippen LogP contribution >= 0.6 is 0 Å². The second-order valence-electron chi connectivity index (χ2n) is 6.95. The summed E-state index contributed by atoms with van der Waals surface area (Å²) >= 11 is 0. The van der Waals surface area contributed by atoms with Gasteiger partial charge in [-0.05, 0) is 60.0 Å². The summed E-state index contributed by atoms with van der Waals surface area (Å²) in [5.74, 6) is 0.567. The van der Waals surface area contributed by atoms with Gasteiger partial charge >= 0.3 is 0 Å². The molecule has 0 saturated carbocycles. The Balaban J connectivity index is 1.46. The maximum Gasteiger partial charge on any atom is 0.258 e. The number of rotatable bonds is 5. The van der Waals surface area contributed by atoms with Gasteiger partial charge in [0.15, 0.2) is 0 Å². The van der Waals surface area contributed by atoms with Crippen molar-refractivity contribution in [2.24, 2.45) is 0 Å². The Morgan fingerprint density at radius 1 is 0.966 bits per heavy atom. The number of hydrogen-bond acceptors (Lipinski definition) is 3. The van der Waals surface area contributed by atoms with E-state index in [-0.39, 0.29) is 11.8 Å². The quantitative estimate of drug-likeness (QED) is 0.725. The fraction of sp³-hybridized carbons (Fsp3) is 0.167. The number of ether oxygens (including phenoxy) is 1. The lowest BCUT2D eigenvalue weighted by atomic mass is 10.1. The van der Waals surface area contributed by atoms with Crippen LogP contribution in [0.1, 0.15) is 31.8 Å². The SMILES string of the molecule is COc1ccc(C(=O)NCc2ccc3c(c2)N(C(=O)c2ccccc2)CC3)cc1. The van der Waals surface area contributed by atoms with Gasteiger partial charge in [-0.2, -0.15) is 0 Å². The van der Waals surface area contributed by atoms with Crippen molar-refractivity contribution in [1.29, 1.82) is 0 Å². The van der Waals surface area contributed by atoms with Crippen molar-refractivity contribution < 1.29 is 14.3 Å². The minimum atomic E-state index is -0.148. The molecule has 1 aliphatic rings. The number of fused-ring (bicyclic) bond motifs is 1. The molecule has 3 aromatic rings. The average Bonchev–Trinajstić information content (AvgIpc) is 3.21. The monoisotopic (exact) mass is 386 g/mol. The standard InChI is InChI=1S/C24H22N2O3/c1-29-21-11-9-19(10-12-21)23(27)25-16-17-7-8-18-13-14-26(22(18)15-17)24(28)20-5-3-2-4-6-20/h2-12,15H,13-14,16H2,1H3,(H,25,27). The van der Waals surface area contributed by atoms with E-state index in [1.165, 1.54) is 0 Å². The number of carbonyl (C=O) groups excluding carboxylic acids is 2. The van der Waals surface area contributed by atoms with E-state index in [0.29, 0.717) is 30.0 Å². The zero-order valence-corrected chi connectivity index (χ0v) is 16.2. The van der Waals surface area contributed by atoms with Crippen molar-refractivity contribution in [3.05, 3.63) is 95.1 Å². The third kappa shape index (κ3) is 3.99. The van der Waals surface area contributed by atoms with E-state index in [2.05, 4.69) is 5.32 Å². The summed E-state index contributed by atoms with van der Waals surface area (Å²) < 4.78 is 5.12. The molecule has 0 aromatic heterocycles. The van der Waals surface area contributed by atoms with E-state index in [9.17, 15) is 9.59 Å². The Labute approximate surface area is 169 Å². The number of anilines is 1. The predicted molar refractivity (Wildman–Crippen MR) is 112 cm³/mol. The minimum Gasteiger partial charge on any atom is -0.497 e. The van der Waals surface area contributed by atoms with E-state index < -0.39 is 0 Å². The molecule has 0 fully saturated rings. The van der Waals surface area contributed by atoms with Crippen molar-refractivity contribution >= 4 is 17.5 Å². The highest BCUT2D eigenvalue weighted by atomic mass is 16.5. The highest BCUT2D eigenvalue weighted by molar-refractivity contribution is 6.07. The molecule has 0 saturated heterocycles. The van der Waals surface area contributed by atoms with Gasteiger partial charge in [0.2, 0.25) is 0 Å². The topological polar surface area (TPSA) is 58.6 Å². The first-order chi connectivity index (χ1) is 14.2. The second kappa shape index (κ2) is 8.19. The Morgan fingerprint density at radius 2 is 1.72 bits per heavy atom. The molecule has 0 aliphatic carbocycles. The fourth-order valence-electron chi connectivity index (χ4n) is 3.51. The molecule has 0 unspecified atom stereocenters. The lowest BCUT2D eigenvalue weighted by Crippen LogP contribution is -2.29. The molecular formula is C24H22N2O3. The van der Waals surface area contributed by atoms with Crippen LogP contribution in [-0.4, -0.2) is 25.5 Å². The van der Waals surface area contributed by atoms with Crippen LogP contribution in [0.2, 0.25) is 0 Å². The predicted octanol–water partition coefficient (Wildman–Crippen LogP) is 3.83. The fourth-order valence-corrected chi connectivity index (χ4v) is 3.51. The molecule has 1 N–H and O–H groups in total. The van der Waals surface area contributed by atoms with Crippen LogP contribution in [0, 0.1) is 0 Å². The number of nitrogens with zero attached hydrogens (tertiary/aromatic N) is 1. The summed E-state index contributed by atoms with van der Waals surface area (Å²) in [5.41, 5.74) is 4.29. The van der Waals surface area contributed by atoms with Gasteiger partial charge in [-0.15, -0.1) is 0 Å². The zero-order valence-electron chi connectivity index (χ0n) is 16.2. The van der Waals surface area contributed by atoms with Crippen LogP contribution in [0.25, 0.3) is 0 Å². The summed E-state index contributed by atoms with van der Waals surface area (Å²) in [6, 6.07) is 22.3. The van der Waals surface area contributed by atoms with Crippen LogP contribution in [0.5, 0.6) is 5.75 Å². The molecule has 0 atom stereocenters. The highest BCUT2D eigenvalue weighted by Gasteiger charge is 2.25. The van der Waals surface area contributed by atoms with Gasteiger partial charge in [-0.1, -0.05) is 30.3 Å². The molecule has 0 radical (unpaired) electrons. The number of benzene rings is 3. The molecule has 0 spiro atoms. The smallest absolute Gasteiger partial charge is 0.258 e. The Morgan fingerprint density at radius 3 is 2.45 bits per heavy atom. The molecule has 5 heteroatoms. The molecule has 1 heterocycles. The lowest BCUT2D eigenvalue weighted by Gasteiger charge is -2.18. The Hall–Kier alpha value is -3.60. The summed E-state index contributed by atoms with van der Waals surface area (Å²) in [6.07, 6.45) is 0.840. The Bertz CT molecular complexity index is 1030. The first-order valence-corrected chi connectivity index (χ1v) is 9.56. The van der Waals surface area contributed by atoms with Crippen molar-refractivity contribution in [2.75, 3.05) is 18.6 Å². The van der Waals surface area contributed by atoms with Crippen molar-refractivity contribution in [2.45, 2.75) is 13.0 Å². The lowest BCUT2D eigenvalue weighted by molar-refractivity contribution is 0.0949. The maximum atomic E-state index is 12.9. The van der Waals surface area contributed by atoms with E-state index in [1.807, 2.05) is 53.4 Å².